The van der Waals surface area contributed by atoms with Crippen molar-refractivity contribution in [2.45, 2.75) is 37.2 Å². The fourth-order valence-corrected chi connectivity index (χ4v) is 3.26. The van der Waals surface area contributed by atoms with Crippen LogP contribution in [0.1, 0.15) is 36.5 Å². The molecule has 1 atom stereocenters. The van der Waals surface area contributed by atoms with Crippen LogP contribution < -0.4 is 0 Å². The molecule has 1 aromatic carbocycles. The van der Waals surface area contributed by atoms with Gasteiger partial charge in [0.05, 0.1) is 11.0 Å². The summed E-state index contributed by atoms with van der Waals surface area (Å²) in [6.45, 7) is 3.79. The van der Waals surface area contributed by atoms with E-state index >= 15 is 0 Å². The molecule has 0 N–H and O–H groups in total. The minimum atomic E-state index is -3.31. The van der Waals surface area contributed by atoms with Gasteiger partial charge in [0, 0.05) is 31.5 Å². The third kappa shape index (κ3) is 4.30. The molecule has 1 aliphatic heterocycles. The number of likely N-dealkylation sites (N-methyl/N-ethyl adjacent to an activating group) is 1. The summed E-state index contributed by atoms with van der Waals surface area (Å²) in [5.41, 5.74) is 0.403. The Morgan fingerprint density at radius 1 is 1.36 bits per heavy atom. The van der Waals surface area contributed by atoms with E-state index in [4.69, 9.17) is 4.74 Å². The van der Waals surface area contributed by atoms with Crippen LogP contribution in [0.15, 0.2) is 29.2 Å². The number of hydrogen-bond acceptors (Lipinski definition) is 4. The van der Waals surface area contributed by atoms with Gasteiger partial charge in [-0.25, -0.2) is 8.42 Å². The lowest BCUT2D eigenvalue weighted by molar-refractivity contribution is -0.00312. The Morgan fingerprint density at radius 3 is 2.73 bits per heavy atom. The number of hydrogen-bond donors (Lipinski definition) is 0. The second-order valence-corrected chi connectivity index (χ2v) is 7.65. The van der Waals surface area contributed by atoms with Gasteiger partial charge in [0.15, 0.2) is 9.84 Å². The molecule has 0 bridgehead atoms. The zero-order chi connectivity index (χ0) is 16.2. The van der Waals surface area contributed by atoms with Gasteiger partial charge >= 0.3 is 0 Å². The van der Waals surface area contributed by atoms with E-state index < -0.39 is 9.84 Å². The van der Waals surface area contributed by atoms with Crippen LogP contribution >= 0.6 is 0 Å². The molecule has 122 valence electrons. The summed E-state index contributed by atoms with van der Waals surface area (Å²) >= 11 is 0. The fourth-order valence-electron chi connectivity index (χ4n) is 2.60. The molecule has 1 aromatic rings. The number of rotatable bonds is 5. The molecule has 0 radical (unpaired) electrons. The van der Waals surface area contributed by atoms with Crippen LogP contribution in [0, 0.1) is 0 Å². The van der Waals surface area contributed by atoms with Gasteiger partial charge in [-0.15, -0.1) is 0 Å². The second-order valence-electron chi connectivity index (χ2n) is 5.63. The molecular formula is C16H23NO4S. The Bertz CT molecular complexity index is 621. The minimum Gasteiger partial charge on any atom is -0.376 e. The van der Waals surface area contributed by atoms with Crippen molar-refractivity contribution in [3.8, 4) is 0 Å². The topological polar surface area (TPSA) is 63.7 Å². The maximum absolute atomic E-state index is 12.6. The zero-order valence-corrected chi connectivity index (χ0v) is 13.9. The van der Waals surface area contributed by atoms with Crippen molar-refractivity contribution in [2.75, 3.05) is 26.0 Å². The molecule has 1 saturated heterocycles. The molecule has 0 aliphatic carbocycles. The van der Waals surface area contributed by atoms with E-state index in [9.17, 15) is 13.2 Å². The Balaban J connectivity index is 2.14. The van der Waals surface area contributed by atoms with Crippen molar-refractivity contribution in [3.63, 3.8) is 0 Å². The Morgan fingerprint density at radius 2 is 2.14 bits per heavy atom. The molecule has 0 saturated carbocycles. The van der Waals surface area contributed by atoms with Gasteiger partial charge in [-0.3, -0.25) is 4.79 Å². The molecular weight excluding hydrogens is 302 g/mol. The highest BCUT2D eigenvalue weighted by molar-refractivity contribution is 7.90. The maximum Gasteiger partial charge on any atom is 0.253 e. The van der Waals surface area contributed by atoms with Crippen molar-refractivity contribution in [2.24, 2.45) is 0 Å². The molecule has 6 heteroatoms. The lowest BCUT2D eigenvalue weighted by Gasteiger charge is -2.29. The number of ether oxygens (including phenoxy) is 1. The Hall–Kier alpha value is -1.40. The number of amides is 1. The molecule has 1 heterocycles. The molecule has 5 nitrogen and oxygen atoms in total. The smallest absolute Gasteiger partial charge is 0.253 e. The van der Waals surface area contributed by atoms with E-state index in [0.29, 0.717) is 18.7 Å². The predicted octanol–water partition coefficient (Wildman–Crippen LogP) is 2.12. The largest absolute Gasteiger partial charge is 0.376 e. The molecule has 1 unspecified atom stereocenters. The highest BCUT2D eigenvalue weighted by Crippen LogP contribution is 2.17. The van der Waals surface area contributed by atoms with Crippen LogP contribution in [0.5, 0.6) is 0 Å². The van der Waals surface area contributed by atoms with E-state index in [1.165, 1.54) is 12.1 Å². The standard InChI is InChI=1S/C16H23NO4S/c1-3-17(12-14-8-4-5-10-21-14)16(18)13-7-6-9-15(11-13)22(2,19)20/h6-7,9,11,14H,3-5,8,10,12H2,1-2H3. The summed E-state index contributed by atoms with van der Waals surface area (Å²) in [7, 11) is -3.31. The van der Waals surface area contributed by atoms with Crippen molar-refractivity contribution < 1.29 is 17.9 Å². The summed E-state index contributed by atoms with van der Waals surface area (Å²) < 4.78 is 28.9. The lowest BCUT2D eigenvalue weighted by Crippen LogP contribution is -2.39. The first-order valence-corrected chi connectivity index (χ1v) is 9.52. The van der Waals surface area contributed by atoms with Gasteiger partial charge in [0.1, 0.15) is 0 Å². The van der Waals surface area contributed by atoms with E-state index in [2.05, 4.69) is 0 Å². The Labute approximate surface area is 132 Å². The normalized spacial score (nSPS) is 18.9. The number of sulfone groups is 1. The SMILES string of the molecule is CCN(CC1CCCCO1)C(=O)c1cccc(S(C)(=O)=O)c1. The molecule has 22 heavy (non-hydrogen) atoms. The van der Waals surface area contributed by atoms with E-state index in [1.807, 2.05) is 6.92 Å². The van der Waals surface area contributed by atoms with Gasteiger partial charge < -0.3 is 9.64 Å². The predicted molar refractivity (Wildman–Crippen MR) is 84.7 cm³/mol. The molecule has 0 spiro atoms. The second kappa shape index (κ2) is 7.24. The molecule has 1 aliphatic rings. The van der Waals surface area contributed by atoms with Gasteiger partial charge in [0.25, 0.3) is 5.91 Å². The van der Waals surface area contributed by atoms with Gasteiger partial charge in [0.2, 0.25) is 0 Å². The first kappa shape index (κ1) is 17.0. The van der Waals surface area contributed by atoms with E-state index in [-0.39, 0.29) is 16.9 Å². The van der Waals surface area contributed by atoms with Gasteiger partial charge in [-0.05, 0) is 44.4 Å². The third-order valence-electron chi connectivity index (χ3n) is 3.88. The van der Waals surface area contributed by atoms with Crippen molar-refractivity contribution in [1.82, 2.24) is 4.90 Å². The van der Waals surface area contributed by atoms with Crippen molar-refractivity contribution in [1.29, 1.82) is 0 Å². The summed E-state index contributed by atoms with van der Waals surface area (Å²) in [5.74, 6) is -0.151. The van der Waals surface area contributed by atoms with Crippen LogP contribution in [0.2, 0.25) is 0 Å². The van der Waals surface area contributed by atoms with Gasteiger partial charge in [-0.2, -0.15) is 0 Å². The lowest BCUT2D eigenvalue weighted by atomic mass is 10.1. The monoisotopic (exact) mass is 325 g/mol. The van der Waals surface area contributed by atoms with Crippen LogP contribution in [-0.4, -0.2) is 51.3 Å². The third-order valence-corrected chi connectivity index (χ3v) is 4.99. The fraction of sp³-hybridized carbons (Fsp3) is 0.562. The quantitative estimate of drug-likeness (QED) is 0.832. The van der Waals surface area contributed by atoms with Crippen LogP contribution in [-0.2, 0) is 14.6 Å². The average molecular weight is 325 g/mol. The van der Waals surface area contributed by atoms with Crippen LogP contribution in [0.25, 0.3) is 0 Å². The van der Waals surface area contributed by atoms with E-state index in [0.717, 1.165) is 32.1 Å². The van der Waals surface area contributed by atoms with Crippen LogP contribution in [0.4, 0.5) is 0 Å². The summed E-state index contributed by atoms with van der Waals surface area (Å²) in [6.07, 6.45) is 4.39. The summed E-state index contributed by atoms with van der Waals surface area (Å²) in [6, 6.07) is 6.21. The van der Waals surface area contributed by atoms with E-state index in [1.54, 1.807) is 17.0 Å². The zero-order valence-electron chi connectivity index (χ0n) is 13.1. The van der Waals surface area contributed by atoms with Crippen LogP contribution in [0.3, 0.4) is 0 Å². The highest BCUT2D eigenvalue weighted by Gasteiger charge is 2.22. The molecule has 1 fully saturated rings. The number of carbonyl (C=O) groups is 1. The number of carbonyl (C=O) groups excluding carboxylic acids is 1. The molecule has 0 aromatic heterocycles. The minimum absolute atomic E-state index is 0.0794. The summed E-state index contributed by atoms with van der Waals surface area (Å²) in [5, 5.41) is 0. The first-order chi connectivity index (χ1) is 10.4. The van der Waals surface area contributed by atoms with Crippen molar-refractivity contribution in [3.05, 3.63) is 29.8 Å². The highest BCUT2D eigenvalue weighted by atomic mass is 32.2. The number of benzene rings is 1. The van der Waals surface area contributed by atoms with Gasteiger partial charge in [-0.1, -0.05) is 6.07 Å². The number of nitrogens with zero attached hydrogens (tertiary/aromatic N) is 1. The maximum atomic E-state index is 12.6. The average Bonchev–Trinajstić information content (AvgIpc) is 2.52. The first-order valence-electron chi connectivity index (χ1n) is 7.63. The molecule has 1 amide bonds. The summed E-state index contributed by atoms with van der Waals surface area (Å²) in [4.78, 5) is 14.5. The Kier molecular flexibility index (Phi) is 5.58. The van der Waals surface area contributed by atoms with Crippen molar-refractivity contribution >= 4 is 15.7 Å². The molecule has 2 rings (SSSR count).